The number of unbranched alkanes of at least 4 members (excludes halogenated alkanes) is 5. The van der Waals surface area contributed by atoms with Gasteiger partial charge in [-0.2, -0.15) is 8.42 Å². The summed E-state index contributed by atoms with van der Waals surface area (Å²) < 4.78 is 80.4. The van der Waals surface area contributed by atoms with E-state index in [9.17, 15) is 26.0 Å². The summed E-state index contributed by atoms with van der Waals surface area (Å²) >= 11 is 0. The number of alkyl halides is 4. The van der Waals surface area contributed by atoms with Gasteiger partial charge in [0.05, 0.1) is 6.67 Å². The van der Waals surface area contributed by atoms with Crippen molar-refractivity contribution in [2.24, 2.45) is 5.73 Å². The maximum atomic E-state index is 13.3. The number of hydrogen-bond acceptors (Lipinski definition) is 3. The van der Waals surface area contributed by atoms with Crippen LogP contribution in [0.2, 0.25) is 0 Å². The average Bonchev–Trinajstić information content (AvgIpc) is 2.51. The van der Waals surface area contributed by atoms with Crippen molar-refractivity contribution >= 4 is 10.1 Å². The molecule has 0 fully saturated rings. The van der Waals surface area contributed by atoms with Gasteiger partial charge in [-0.15, -0.1) is 6.58 Å². The molecule has 0 radical (unpaired) electrons. The van der Waals surface area contributed by atoms with Crippen molar-refractivity contribution in [3.05, 3.63) is 12.7 Å². The topological polar surface area (TPSA) is 80.4 Å². The molecule has 146 valence electrons. The molecule has 0 saturated heterocycles. The molecule has 3 N–H and O–H groups in total. The number of halogens is 4. The molecule has 0 amide bonds. The van der Waals surface area contributed by atoms with Gasteiger partial charge in [-0.1, -0.05) is 38.2 Å². The monoisotopic (exact) mass is 379 g/mol. The van der Waals surface area contributed by atoms with Crippen molar-refractivity contribution in [1.29, 1.82) is 0 Å². The number of rotatable bonds is 13. The number of nitrogens with two attached hydrogens (primary N) is 1. The number of hydrogen-bond donors (Lipinski definition) is 2. The largest absolute Gasteiger partial charge is 0.327 e. The fourth-order valence-electron chi connectivity index (χ4n) is 1.82. The SMILES string of the molecule is C=CCN.O=S(=O)(O)CC(F)C(F)C(F)CCCCCCCCF. The quantitative estimate of drug-likeness (QED) is 0.221. The second-order valence-electron chi connectivity index (χ2n) is 5.35. The highest BCUT2D eigenvalue weighted by Gasteiger charge is 2.32. The van der Waals surface area contributed by atoms with Gasteiger partial charge in [0.15, 0.2) is 12.3 Å². The van der Waals surface area contributed by atoms with Gasteiger partial charge in [0.1, 0.15) is 11.9 Å². The zero-order valence-electron chi connectivity index (χ0n) is 13.8. The van der Waals surface area contributed by atoms with Crippen molar-refractivity contribution in [3.63, 3.8) is 0 Å². The van der Waals surface area contributed by atoms with Crippen LogP contribution >= 0.6 is 0 Å². The minimum atomic E-state index is -4.65. The summed E-state index contributed by atoms with van der Waals surface area (Å²) in [7, 11) is -4.65. The maximum absolute atomic E-state index is 13.3. The fourth-order valence-corrected chi connectivity index (χ4v) is 2.41. The Kier molecular flexibility index (Phi) is 16.9. The molecule has 0 saturated carbocycles. The van der Waals surface area contributed by atoms with Crippen LogP contribution in [0.1, 0.15) is 44.9 Å². The first-order valence-electron chi connectivity index (χ1n) is 7.93. The standard InChI is InChI=1S/C12H22F4O3S.C3H7N/c13-8-6-4-2-1-3-5-7-10(14)12(16)11(15)9-20(17,18)19;1-2-3-4/h10-12H,1-9H2,(H,17,18,19);2H,1,3-4H2. The predicted octanol–water partition coefficient (Wildman–Crippen LogP) is 3.72. The molecule has 3 unspecified atom stereocenters. The lowest BCUT2D eigenvalue weighted by Gasteiger charge is -2.16. The van der Waals surface area contributed by atoms with Crippen LogP contribution in [0.4, 0.5) is 17.6 Å². The van der Waals surface area contributed by atoms with Gasteiger partial charge in [-0.05, 0) is 12.8 Å². The summed E-state index contributed by atoms with van der Waals surface area (Å²) in [5.41, 5.74) is 4.91. The molecular weight excluding hydrogens is 350 g/mol. The Bertz CT molecular complexity index is 396. The fraction of sp³-hybridized carbons (Fsp3) is 0.867. The minimum absolute atomic E-state index is 0.198. The lowest BCUT2D eigenvalue weighted by atomic mass is 10.0. The van der Waals surface area contributed by atoms with Crippen LogP contribution in [0.25, 0.3) is 0 Å². The van der Waals surface area contributed by atoms with E-state index in [2.05, 4.69) is 6.58 Å². The molecule has 0 aliphatic rings. The van der Waals surface area contributed by atoms with Gasteiger partial charge >= 0.3 is 0 Å². The van der Waals surface area contributed by atoms with E-state index in [4.69, 9.17) is 10.3 Å². The minimum Gasteiger partial charge on any atom is -0.327 e. The van der Waals surface area contributed by atoms with Crippen LogP contribution in [0.5, 0.6) is 0 Å². The van der Waals surface area contributed by atoms with Gasteiger partial charge < -0.3 is 5.73 Å². The summed E-state index contributed by atoms with van der Waals surface area (Å²) in [6, 6.07) is 0. The molecule has 0 aromatic heterocycles. The third-order valence-electron chi connectivity index (χ3n) is 3.09. The maximum Gasteiger partial charge on any atom is 0.267 e. The molecule has 0 rings (SSSR count). The van der Waals surface area contributed by atoms with Crippen molar-refractivity contribution in [2.45, 2.75) is 63.5 Å². The Morgan fingerprint density at radius 2 is 1.46 bits per heavy atom. The van der Waals surface area contributed by atoms with E-state index < -0.39 is 34.4 Å². The summed E-state index contributed by atoms with van der Waals surface area (Å²) in [5.74, 6) is -1.43. The molecule has 0 aliphatic heterocycles. The molecule has 0 bridgehead atoms. The zero-order chi connectivity index (χ0) is 19.0. The van der Waals surface area contributed by atoms with Gasteiger partial charge in [-0.25, -0.2) is 13.2 Å². The first-order chi connectivity index (χ1) is 11.2. The Morgan fingerprint density at radius 3 is 1.88 bits per heavy atom. The Labute approximate surface area is 142 Å². The van der Waals surface area contributed by atoms with E-state index in [0.29, 0.717) is 25.8 Å². The first-order valence-corrected chi connectivity index (χ1v) is 9.54. The third-order valence-corrected chi connectivity index (χ3v) is 3.83. The van der Waals surface area contributed by atoms with Crippen LogP contribution in [-0.4, -0.2) is 50.5 Å². The van der Waals surface area contributed by atoms with E-state index in [0.717, 1.165) is 19.3 Å². The smallest absolute Gasteiger partial charge is 0.267 e. The molecule has 4 nitrogen and oxygen atoms in total. The molecule has 3 atom stereocenters. The highest BCUT2D eigenvalue weighted by Crippen LogP contribution is 2.19. The molecular formula is C15H29F4NO3S. The summed E-state index contributed by atoms with van der Waals surface area (Å²) in [4.78, 5) is 0. The first kappa shape index (κ1) is 25.6. The summed E-state index contributed by atoms with van der Waals surface area (Å²) in [6.07, 6.45) is -1.92. The molecule has 0 aromatic carbocycles. The van der Waals surface area contributed by atoms with Crippen LogP contribution < -0.4 is 5.73 Å². The van der Waals surface area contributed by atoms with Gasteiger partial charge in [0.2, 0.25) is 0 Å². The van der Waals surface area contributed by atoms with Crippen LogP contribution in [0.3, 0.4) is 0 Å². The second kappa shape index (κ2) is 15.8. The molecule has 0 heterocycles. The van der Waals surface area contributed by atoms with E-state index in [1.165, 1.54) is 0 Å². The zero-order valence-corrected chi connectivity index (χ0v) is 14.7. The van der Waals surface area contributed by atoms with E-state index in [1.807, 2.05) is 0 Å². The van der Waals surface area contributed by atoms with Crippen molar-refractivity contribution in [3.8, 4) is 0 Å². The lowest BCUT2D eigenvalue weighted by molar-refractivity contribution is 0.0853. The molecule has 0 aliphatic carbocycles. The molecule has 24 heavy (non-hydrogen) atoms. The van der Waals surface area contributed by atoms with Crippen LogP contribution in [0.15, 0.2) is 12.7 Å². The van der Waals surface area contributed by atoms with Gasteiger partial charge in [0.25, 0.3) is 10.1 Å². The molecule has 0 spiro atoms. The normalized spacial score (nSPS) is 15.1. The average molecular weight is 379 g/mol. The molecule has 0 aromatic rings. The van der Waals surface area contributed by atoms with E-state index in [-0.39, 0.29) is 13.1 Å². The third kappa shape index (κ3) is 17.7. The van der Waals surface area contributed by atoms with Crippen molar-refractivity contribution in [2.75, 3.05) is 19.0 Å². The Hall–Kier alpha value is -0.670. The predicted molar refractivity (Wildman–Crippen MR) is 88.6 cm³/mol. The highest BCUT2D eigenvalue weighted by molar-refractivity contribution is 7.85. The molecule has 9 heteroatoms. The van der Waals surface area contributed by atoms with Gasteiger partial charge in [0, 0.05) is 6.54 Å². The van der Waals surface area contributed by atoms with Crippen molar-refractivity contribution in [1.82, 2.24) is 0 Å². The lowest BCUT2D eigenvalue weighted by Crippen LogP contribution is -2.33. The van der Waals surface area contributed by atoms with Crippen molar-refractivity contribution < 1.29 is 30.5 Å². The second-order valence-corrected chi connectivity index (χ2v) is 6.85. The summed E-state index contributed by atoms with van der Waals surface area (Å²) in [6.45, 7) is 3.58. The van der Waals surface area contributed by atoms with E-state index in [1.54, 1.807) is 6.08 Å². The Morgan fingerprint density at radius 1 is 1.00 bits per heavy atom. The summed E-state index contributed by atoms with van der Waals surface area (Å²) in [5, 5.41) is 0. The van der Waals surface area contributed by atoms with Crippen LogP contribution in [-0.2, 0) is 10.1 Å². The Balaban J connectivity index is 0. The van der Waals surface area contributed by atoms with Gasteiger partial charge in [-0.3, -0.25) is 8.94 Å². The highest BCUT2D eigenvalue weighted by atomic mass is 32.2. The van der Waals surface area contributed by atoms with E-state index >= 15 is 0 Å². The van der Waals surface area contributed by atoms with Crippen LogP contribution in [0, 0.1) is 0 Å².